The molecular formula is C18H19N3O. The van der Waals surface area contributed by atoms with Gasteiger partial charge in [-0.1, -0.05) is 35.9 Å². The van der Waals surface area contributed by atoms with Gasteiger partial charge in [-0.2, -0.15) is 0 Å². The zero-order valence-corrected chi connectivity index (χ0v) is 12.8. The molecule has 2 aromatic carbocycles. The number of benzene rings is 2. The van der Waals surface area contributed by atoms with Crippen LogP contribution in [0.1, 0.15) is 17.0 Å². The molecule has 0 fully saturated rings. The van der Waals surface area contributed by atoms with Gasteiger partial charge < -0.3 is 9.73 Å². The van der Waals surface area contributed by atoms with Gasteiger partial charge >= 0.3 is 0 Å². The highest BCUT2D eigenvalue weighted by Gasteiger charge is 2.07. The van der Waals surface area contributed by atoms with Crippen molar-refractivity contribution >= 4 is 5.69 Å². The lowest BCUT2D eigenvalue weighted by Crippen LogP contribution is -2.06. The van der Waals surface area contributed by atoms with Gasteiger partial charge in [0, 0.05) is 24.2 Å². The molecule has 0 amide bonds. The molecule has 1 N–H and O–H groups in total. The minimum absolute atomic E-state index is 0.571. The Morgan fingerprint density at radius 1 is 1.00 bits per heavy atom. The molecule has 0 bridgehead atoms. The standard InChI is InChI=1S/C18H19N3O/c1-13-8-9-16(14(2)12-13)19-11-10-17-20-21-18(22-17)15-6-4-3-5-7-15/h3-9,12,19H,10-11H2,1-2H3. The summed E-state index contributed by atoms with van der Waals surface area (Å²) in [5.74, 6) is 1.22. The molecule has 0 unspecified atom stereocenters. The molecule has 4 nitrogen and oxygen atoms in total. The second kappa shape index (κ2) is 6.43. The third-order valence-corrected chi connectivity index (χ3v) is 3.52. The molecule has 3 rings (SSSR count). The van der Waals surface area contributed by atoms with Crippen molar-refractivity contribution in [1.82, 2.24) is 10.2 Å². The summed E-state index contributed by atoms with van der Waals surface area (Å²) >= 11 is 0. The average molecular weight is 293 g/mol. The molecular weight excluding hydrogens is 274 g/mol. The van der Waals surface area contributed by atoms with Gasteiger partial charge in [0.25, 0.3) is 0 Å². The molecule has 0 saturated carbocycles. The number of rotatable bonds is 5. The highest BCUT2D eigenvalue weighted by molar-refractivity contribution is 5.52. The first kappa shape index (κ1) is 14.3. The summed E-state index contributed by atoms with van der Waals surface area (Å²) in [6.45, 7) is 4.97. The van der Waals surface area contributed by atoms with E-state index in [1.807, 2.05) is 30.3 Å². The molecule has 112 valence electrons. The van der Waals surface area contributed by atoms with Gasteiger partial charge in [-0.25, -0.2) is 0 Å². The first-order valence-corrected chi connectivity index (χ1v) is 7.41. The van der Waals surface area contributed by atoms with Crippen LogP contribution >= 0.6 is 0 Å². The lowest BCUT2D eigenvalue weighted by Gasteiger charge is -2.08. The van der Waals surface area contributed by atoms with Gasteiger partial charge in [-0.3, -0.25) is 0 Å². The van der Waals surface area contributed by atoms with Crippen molar-refractivity contribution in [3.8, 4) is 11.5 Å². The van der Waals surface area contributed by atoms with E-state index < -0.39 is 0 Å². The largest absolute Gasteiger partial charge is 0.421 e. The number of nitrogens with zero attached hydrogens (tertiary/aromatic N) is 2. The second-order valence-electron chi connectivity index (χ2n) is 5.36. The first-order valence-electron chi connectivity index (χ1n) is 7.41. The Hall–Kier alpha value is -2.62. The van der Waals surface area contributed by atoms with Crippen molar-refractivity contribution in [3.05, 3.63) is 65.5 Å². The molecule has 0 radical (unpaired) electrons. The van der Waals surface area contributed by atoms with Crippen molar-refractivity contribution in [2.45, 2.75) is 20.3 Å². The molecule has 3 aromatic rings. The number of hydrogen-bond donors (Lipinski definition) is 1. The molecule has 4 heteroatoms. The van der Waals surface area contributed by atoms with Crippen LogP contribution in [0.5, 0.6) is 0 Å². The van der Waals surface area contributed by atoms with Crippen molar-refractivity contribution in [2.75, 3.05) is 11.9 Å². The molecule has 0 aliphatic heterocycles. The van der Waals surface area contributed by atoms with Crippen LogP contribution in [-0.2, 0) is 6.42 Å². The fourth-order valence-electron chi connectivity index (χ4n) is 2.37. The third kappa shape index (κ3) is 3.34. The Morgan fingerprint density at radius 3 is 2.59 bits per heavy atom. The number of anilines is 1. The summed E-state index contributed by atoms with van der Waals surface area (Å²) in [4.78, 5) is 0. The predicted molar refractivity (Wildman–Crippen MR) is 87.8 cm³/mol. The first-order chi connectivity index (χ1) is 10.7. The molecule has 22 heavy (non-hydrogen) atoms. The topological polar surface area (TPSA) is 51.0 Å². The summed E-state index contributed by atoms with van der Waals surface area (Å²) < 4.78 is 5.69. The van der Waals surface area contributed by atoms with E-state index >= 15 is 0 Å². The van der Waals surface area contributed by atoms with E-state index in [0.29, 0.717) is 18.2 Å². The molecule has 1 aromatic heterocycles. The lowest BCUT2D eigenvalue weighted by atomic mass is 10.1. The minimum atomic E-state index is 0.571. The van der Waals surface area contributed by atoms with Crippen LogP contribution in [0.3, 0.4) is 0 Å². The minimum Gasteiger partial charge on any atom is -0.421 e. The molecule has 0 spiro atoms. The van der Waals surface area contributed by atoms with Gasteiger partial charge in [0.15, 0.2) is 0 Å². The third-order valence-electron chi connectivity index (χ3n) is 3.52. The van der Waals surface area contributed by atoms with Crippen molar-refractivity contribution in [3.63, 3.8) is 0 Å². The summed E-state index contributed by atoms with van der Waals surface area (Å²) in [5.41, 5.74) is 4.61. The van der Waals surface area contributed by atoms with Crippen LogP contribution in [0.25, 0.3) is 11.5 Å². The smallest absolute Gasteiger partial charge is 0.247 e. The quantitative estimate of drug-likeness (QED) is 0.772. The highest BCUT2D eigenvalue weighted by Crippen LogP contribution is 2.18. The molecule has 0 aliphatic carbocycles. The van der Waals surface area contributed by atoms with E-state index in [9.17, 15) is 0 Å². The van der Waals surface area contributed by atoms with E-state index in [1.165, 1.54) is 11.1 Å². The summed E-state index contributed by atoms with van der Waals surface area (Å²) in [6, 6.07) is 16.2. The van der Waals surface area contributed by atoms with Crippen LogP contribution in [0.4, 0.5) is 5.69 Å². The Labute approximate surface area is 130 Å². The highest BCUT2D eigenvalue weighted by atomic mass is 16.4. The number of aromatic nitrogens is 2. The molecule has 1 heterocycles. The van der Waals surface area contributed by atoms with Crippen molar-refractivity contribution < 1.29 is 4.42 Å². The molecule has 0 saturated heterocycles. The lowest BCUT2D eigenvalue weighted by molar-refractivity contribution is 0.509. The maximum atomic E-state index is 5.69. The SMILES string of the molecule is Cc1ccc(NCCc2nnc(-c3ccccc3)o2)c(C)c1. The van der Waals surface area contributed by atoms with Crippen molar-refractivity contribution in [1.29, 1.82) is 0 Å². The summed E-state index contributed by atoms with van der Waals surface area (Å²) in [6.07, 6.45) is 0.702. The Morgan fingerprint density at radius 2 is 1.82 bits per heavy atom. The van der Waals surface area contributed by atoms with Crippen LogP contribution in [0.15, 0.2) is 52.9 Å². The molecule has 0 aliphatic rings. The van der Waals surface area contributed by atoms with Gasteiger partial charge in [0.05, 0.1) is 0 Å². The van der Waals surface area contributed by atoms with Crippen LogP contribution in [0.2, 0.25) is 0 Å². The van der Waals surface area contributed by atoms with E-state index in [0.717, 1.165) is 17.8 Å². The van der Waals surface area contributed by atoms with Gasteiger partial charge in [0.2, 0.25) is 11.8 Å². The zero-order chi connectivity index (χ0) is 15.4. The fourth-order valence-corrected chi connectivity index (χ4v) is 2.37. The van der Waals surface area contributed by atoms with E-state index in [1.54, 1.807) is 0 Å². The average Bonchev–Trinajstić information content (AvgIpc) is 2.99. The fraction of sp³-hybridized carbons (Fsp3) is 0.222. The van der Waals surface area contributed by atoms with Crippen LogP contribution in [-0.4, -0.2) is 16.7 Å². The van der Waals surface area contributed by atoms with Crippen LogP contribution < -0.4 is 5.32 Å². The Bertz CT molecular complexity index is 750. The normalized spacial score (nSPS) is 10.6. The maximum Gasteiger partial charge on any atom is 0.247 e. The second-order valence-corrected chi connectivity index (χ2v) is 5.36. The maximum absolute atomic E-state index is 5.69. The Kier molecular flexibility index (Phi) is 4.19. The van der Waals surface area contributed by atoms with Gasteiger partial charge in [-0.15, -0.1) is 10.2 Å². The number of hydrogen-bond acceptors (Lipinski definition) is 4. The summed E-state index contributed by atoms with van der Waals surface area (Å²) in [5, 5.41) is 11.6. The zero-order valence-electron chi connectivity index (χ0n) is 12.8. The van der Waals surface area contributed by atoms with Crippen molar-refractivity contribution in [2.24, 2.45) is 0 Å². The Balaban J connectivity index is 1.59. The van der Waals surface area contributed by atoms with E-state index in [2.05, 4.69) is 47.6 Å². The van der Waals surface area contributed by atoms with Crippen LogP contribution in [0, 0.1) is 13.8 Å². The monoisotopic (exact) mass is 293 g/mol. The molecule has 0 atom stereocenters. The van der Waals surface area contributed by atoms with E-state index in [-0.39, 0.29) is 0 Å². The predicted octanol–water partition coefficient (Wildman–Crippen LogP) is 4.01. The van der Waals surface area contributed by atoms with Gasteiger partial charge in [0.1, 0.15) is 0 Å². The summed E-state index contributed by atoms with van der Waals surface area (Å²) in [7, 11) is 0. The van der Waals surface area contributed by atoms with Gasteiger partial charge in [-0.05, 0) is 37.6 Å². The number of aryl methyl sites for hydroxylation is 2. The van der Waals surface area contributed by atoms with E-state index in [4.69, 9.17) is 4.42 Å². The number of nitrogens with one attached hydrogen (secondary N) is 1.